The highest BCUT2D eigenvalue weighted by Crippen LogP contribution is 2.24. The number of hydrogen-bond donors (Lipinski definition) is 3. The van der Waals surface area contributed by atoms with Gasteiger partial charge in [-0.1, -0.05) is 35.3 Å². The molecule has 8 heteroatoms. The quantitative estimate of drug-likeness (QED) is 0.700. The number of benzene rings is 2. The predicted octanol–water partition coefficient (Wildman–Crippen LogP) is 2.61. The van der Waals surface area contributed by atoms with Gasteiger partial charge in [-0.15, -0.1) is 0 Å². The first kappa shape index (κ1) is 20.2. The van der Waals surface area contributed by atoms with Crippen LogP contribution >= 0.6 is 23.2 Å². The summed E-state index contributed by atoms with van der Waals surface area (Å²) in [5.74, 6) is -1.18. The number of nitrogens with one attached hydrogen (secondary N) is 3. The Morgan fingerprint density at radius 3 is 2.46 bits per heavy atom. The number of likely N-dealkylation sites (N-methyl/N-ethyl adjacent to an activating group) is 1. The van der Waals surface area contributed by atoms with Gasteiger partial charge in [-0.05, 0) is 37.3 Å². The molecule has 2 rings (SSSR count). The number of quaternary nitrogens is 1. The number of halogens is 3. The molecule has 0 aliphatic heterocycles. The van der Waals surface area contributed by atoms with Crippen LogP contribution in [-0.4, -0.2) is 31.4 Å². The van der Waals surface area contributed by atoms with Gasteiger partial charge in [0.25, 0.3) is 11.8 Å². The fourth-order valence-corrected chi connectivity index (χ4v) is 2.51. The van der Waals surface area contributed by atoms with E-state index in [1.54, 1.807) is 44.3 Å². The lowest BCUT2D eigenvalue weighted by Crippen LogP contribution is -3.14. The maximum absolute atomic E-state index is 13.6. The first-order valence-electron chi connectivity index (χ1n) is 7.90. The van der Waals surface area contributed by atoms with Crippen molar-refractivity contribution in [3.05, 3.63) is 58.3 Å². The van der Waals surface area contributed by atoms with E-state index in [1.165, 1.54) is 12.1 Å². The Hall–Kier alpha value is -2.15. The summed E-state index contributed by atoms with van der Waals surface area (Å²) in [4.78, 5) is 25.1. The summed E-state index contributed by atoms with van der Waals surface area (Å²) in [5, 5.41) is 5.96. The fraction of sp³-hybridized carbons (Fsp3) is 0.222. The van der Waals surface area contributed by atoms with Gasteiger partial charge in [0.15, 0.2) is 12.6 Å². The second kappa shape index (κ2) is 8.98. The Balaban J connectivity index is 1.91. The molecule has 0 bridgehead atoms. The monoisotopic (exact) mass is 398 g/mol. The Kier molecular flexibility index (Phi) is 6.97. The first-order chi connectivity index (χ1) is 12.3. The molecule has 2 aromatic rings. The van der Waals surface area contributed by atoms with Crippen LogP contribution in [0, 0.1) is 5.82 Å². The highest BCUT2D eigenvalue weighted by atomic mass is 35.5. The molecule has 5 nitrogen and oxygen atoms in total. The van der Waals surface area contributed by atoms with E-state index in [4.69, 9.17) is 23.2 Å². The van der Waals surface area contributed by atoms with E-state index in [9.17, 15) is 14.0 Å². The molecule has 138 valence electrons. The van der Waals surface area contributed by atoms with Crippen LogP contribution in [0.1, 0.15) is 6.92 Å². The zero-order chi connectivity index (χ0) is 19.3. The molecule has 1 unspecified atom stereocenters. The summed E-state index contributed by atoms with van der Waals surface area (Å²) < 4.78 is 13.6. The average Bonchev–Trinajstić information content (AvgIpc) is 2.59. The van der Waals surface area contributed by atoms with Crippen LogP contribution in [0.3, 0.4) is 0 Å². The van der Waals surface area contributed by atoms with E-state index in [-0.39, 0.29) is 24.0 Å². The van der Waals surface area contributed by atoms with Crippen molar-refractivity contribution in [3.8, 4) is 0 Å². The van der Waals surface area contributed by atoms with Crippen molar-refractivity contribution < 1.29 is 18.9 Å². The molecule has 0 aliphatic rings. The summed E-state index contributed by atoms with van der Waals surface area (Å²) in [6.07, 6.45) is 0. The van der Waals surface area contributed by atoms with Crippen molar-refractivity contribution in [1.29, 1.82) is 0 Å². The highest BCUT2D eigenvalue weighted by molar-refractivity contribution is 6.42. The molecule has 3 N–H and O–H groups in total. The normalized spacial score (nSPS) is 13.0. The van der Waals surface area contributed by atoms with Crippen molar-refractivity contribution in [1.82, 2.24) is 0 Å². The third-order valence-electron chi connectivity index (χ3n) is 3.91. The Labute approximate surface area is 161 Å². The molecule has 0 aromatic heterocycles. The molecule has 0 radical (unpaired) electrons. The fourth-order valence-electron chi connectivity index (χ4n) is 2.21. The SMILES string of the molecule is C[C@@H](C(=O)Nc1ccccc1F)[NH+](C)CC(=O)Nc1ccc(Cl)c(Cl)c1. The summed E-state index contributed by atoms with van der Waals surface area (Å²) >= 11 is 11.7. The summed E-state index contributed by atoms with van der Waals surface area (Å²) in [6.45, 7) is 1.71. The minimum absolute atomic E-state index is 0.0477. The van der Waals surface area contributed by atoms with Gasteiger partial charge in [0.2, 0.25) is 0 Å². The maximum Gasteiger partial charge on any atom is 0.282 e. The van der Waals surface area contributed by atoms with Gasteiger partial charge in [-0.3, -0.25) is 9.59 Å². The van der Waals surface area contributed by atoms with Gasteiger partial charge in [-0.25, -0.2) is 4.39 Å². The van der Waals surface area contributed by atoms with E-state index in [0.29, 0.717) is 20.6 Å². The standard InChI is InChI=1S/C18H18Cl2FN3O2/c1-11(18(26)23-16-6-4-3-5-15(16)21)24(2)10-17(25)22-12-7-8-13(19)14(20)9-12/h3-9,11H,10H2,1-2H3,(H,22,25)(H,23,26)/p+1/t11-/m0/s1. The minimum Gasteiger partial charge on any atom is -0.321 e. The van der Waals surface area contributed by atoms with Gasteiger partial charge >= 0.3 is 0 Å². The van der Waals surface area contributed by atoms with Crippen LogP contribution < -0.4 is 15.5 Å². The Morgan fingerprint density at radius 1 is 1.12 bits per heavy atom. The van der Waals surface area contributed by atoms with E-state index in [2.05, 4.69) is 10.6 Å². The lowest BCUT2D eigenvalue weighted by atomic mass is 10.2. The molecular weight excluding hydrogens is 380 g/mol. The lowest BCUT2D eigenvalue weighted by molar-refractivity contribution is -0.885. The zero-order valence-corrected chi connectivity index (χ0v) is 15.8. The number of carbonyl (C=O) groups is 2. The molecule has 0 heterocycles. The largest absolute Gasteiger partial charge is 0.321 e. The van der Waals surface area contributed by atoms with Crippen LogP contribution in [0.15, 0.2) is 42.5 Å². The van der Waals surface area contributed by atoms with Crippen molar-refractivity contribution in [3.63, 3.8) is 0 Å². The molecule has 0 aliphatic carbocycles. The molecule has 0 fully saturated rings. The van der Waals surface area contributed by atoms with E-state index in [1.807, 2.05) is 0 Å². The second-order valence-electron chi connectivity index (χ2n) is 5.89. The van der Waals surface area contributed by atoms with E-state index in [0.717, 1.165) is 0 Å². The minimum atomic E-state index is -0.561. The van der Waals surface area contributed by atoms with Gasteiger partial charge in [-0.2, -0.15) is 0 Å². The molecule has 26 heavy (non-hydrogen) atoms. The van der Waals surface area contributed by atoms with Crippen LogP contribution in [-0.2, 0) is 9.59 Å². The Morgan fingerprint density at radius 2 is 1.81 bits per heavy atom. The summed E-state index contributed by atoms with van der Waals surface area (Å²) in [5.41, 5.74) is 0.623. The van der Waals surface area contributed by atoms with Crippen molar-refractivity contribution in [2.45, 2.75) is 13.0 Å². The van der Waals surface area contributed by atoms with Crippen molar-refractivity contribution in [2.24, 2.45) is 0 Å². The van der Waals surface area contributed by atoms with Gasteiger partial charge in [0, 0.05) is 5.69 Å². The summed E-state index contributed by atoms with van der Waals surface area (Å²) in [6, 6.07) is 10.1. The molecular formula is C18H19Cl2FN3O2+. The van der Waals surface area contributed by atoms with Crippen molar-refractivity contribution in [2.75, 3.05) is 24.2 Å². The number of para-hydroxylation sites is 1. The molecule has 2 aromatic carbocycles. The van der Waals surface area contributed by atoms with Crippen LogP contribution in [0.25, 0.3) is 0 Å². The predicted molar refractivity (Wildman–Crippen MR) is 101 cm³/mol. The number of carbonyl (C=O) groups excluding carboxylic acids is 2. The molecule has 2 atom stereocenters. The highest BCUT2D eigenvalue weighted by Gasteiger charge is 2.24. The van der Waals surface area contributed by atoms with Crippen molar-refractivity contribution >= 4 is 46.4 Å². The number of hydrogen-bond acceptors (Lipinski definition) is 2. The molecule has 0 saturated carbocycles. The third kappa shape index (κ3) is 5.42. The van der Waals surface area contributed by atoms with E-state index < -0.39 is 11.9 Å². The molecule has 0 spiro atoms. The van der Waals surface area contributed by atoms with Gasteiger partial charge in [0.1, 0.15) is 5.82 Å². The van der Waals surface area contributed by atoms with E-state index >= 15 is 0 Å². The van der Waals surface area contributed by atoms with Crippen LogP contribution in [0.5, 0.6) is 0 Å². The zero-order valence-electron chi connectivity index (χ0n) is 14.3. The summed E-state index contributed by atoms with van der Waals surface area (Å²) in [7, 11) is 1.71. The van der Waals surface area contributed by atoms with Gasteiger partial charge in [0.05, 0.1) is 22.8 Å². The lowest BCUT2D eigenvalue weighted by Gasteiger charge is -2.20. The third-order valence-corrected chi connectivity index (χ3v) is 4.65. The maximum atomic E-state index is 13.6. The molecule has 2 amide bonds. The Bertz CT molecular complexity index is 817. The van der Waals surface area contributed by atoms with Crippen LogP contribution in [0.2, 0.25) is 10.0 Å². The molecule has 0 saturated heterocycles. The van der Waals surface area contributed by atoms with Crippen LogP contribution in [0.4, 0.5) is 15.8 Å². The topological polar surface area (TPSA) is 62.6 Å². The van der Waals surface area contributed by atoms with Gasteiger partial charge < -0.3 is 15.5 Å². The number of rotatable bonds is 6. The number of anilines is 2. The number of amides is 2. The second-order valence-corrected chi connectivity index (χ2v) is 6.71. The smallest absolute Gasteiger partial charge is 0.282 e. The average molecular weight is 399 g/mol. The first-order valence-corrected chi connectivity index (χ1v) is 8.66.